The molecular weight excluding hydrogens is 453 g/mol. The number of halogens is 1. The predicted octanol–water partition coefficient (Wildman–Crippen LogP) is 4.47. The molecule has 8 heteroatoms. The standard InChI is InChI=1S/C26H22FN3O3S/c27-21-11-15-23(16-12-21)34(32,33)30-22-13-9-19(10-14-22)18-25(31)29-26(20-6-2-1-3-7-20)24-8-4-5-17-28-24/h1-17,26,30H,18H2,(H,29,31)/t26-/m0/s1. The van der Waals surface area contributed by atoms with Crippen LogP contribution in [-0.2, 0) is 21.2 Å². The first kappa shape index (κ1) is 23.1. The third kappa shape index (κ3) is 5.85. The summed E-state index contributed by atoms with van der Waals surface area (Å²) < 4.78 is 40.4. The van der Waals surface area contributed by atoms with E-state index in [9.17, 15) is 17.6 Å². The van der Waals surface area contributed by atoms with E-state index in [-0.39, 0.29) is 17.2 Å². The maximum absolute atomic E-state index is 13.1. The Kier molecular flexibility index (Phi) is 6.98. The van der Waals surface area contributed by atoms with Crippen LogP contribution in [0.3, 0.4) is 0 Å². The van der Waals surface area contributed by atoms with E-state index >= 15 is 0 Å². The molecule has 1 aromatic heterocycles. The minimum absolute atomic E-state index is 0.0428. The first-order valence-corrected chi connectivity index (χ1v) is 12.0. The number of carbonyl (C=O) groups is 1. The van der Waals surface area contributed by atoms with Gasteiger partial charge in [0.2, 0.25) is 5.91 Å². The van der Waals surface area contributed by atoms with Gasteiger partial charge in [0.25, 0.3) is 10.0 Å². The molecule has 0 radical (unpaired) electrons. The summed E-state index contributed by atoms with van der Waals surface area (Å²) in [6, 6.07) is 25.8. The summed E-state index contributed by atoms with van der Waals surface area (Å²) in [6.07, 6.45) is 1.80. The topological polar surface area (TPSA) is 88.2 Å². The fourth-order valence-corrected chi connectivity index (χ4v) is 4.49. The van der Waals surface area contributed by atoms with Gasteiger partial charge in [-0.2, -0.15) is 0 Å². The molecule has 0 spiro atoms. The molecule has 0 saturated heterocycles. The van der Waals surface area contributed by atoms with E-state index in [2.05, 4.69) is 15.0 Å². The molecule has 0 bridgehead atoms. The van der Waals surface area contributed by atoms with Crippen LogP contribution in [-0.4, -0.2) is 19.3 Å². The zero-order valence-electron chi connectivity index (χ0n) is 18.1. The van der Waals surface area contributed by atoms with Crippen molar-refractivity contribution in [3.8, 4) is 0 Å². The normalized spacial score (nSPS) is 12.0. The zero-order chi connectivity index (χ0) is 24.0. The molecular formula is C26H22FN3O3S. The lowest BCUT2D eigenvalue weighted by Crippen LogP contribution is -2.31. The number of nitrogens with zero attached hydrogens (tertiary/aromatic N) is 1. The second-order valence-electron chi connectivity index (χ2n) is 7.60. The van der Waals surface area contributed by atoms with E-state index in [0.29, 0.717) is 5.69 Å². The molecule has 4 rings (SSSR count). The molecule has 172 valence electrons. The van der Waals surface area contributed by atoms with Gasteiger partial charge >= 0.3 is 0 Å². The maximum Gasteiger partial charge on any atom is 0.261 e. The fourth-order valence-electron chi connectivity index (χ4n) is 3.44. The molecule has 4 aromatic rings. The Morgan fingerprint density at radius 2 is 1.53 bits per heavy atom. The highest BCUT2D eigenvalue weighted by Gasteiger charge is 2.18. The summed E-state index contributed by atoms with van der Waals surface area (Å²) in [7, 11) is -3.85. The number of hydrogen-bond acceptors (Lipinski definition) is 4. The molecule has 1 heterocycles. The lowest BCUT2D eigenvalue weighted by atomic mass is 10.0. The quantitative estimate of drug-likeness (QED) is 0.394. The van der Waals surface area contributed by atoms with Gasteiger partial charge in [-0.1, -0.05) is 48.5 Å². The summed E-state index contributed by atoms with van der Waals surface area (Å²) in [5.74, 6) is -0.710. The van der Waals surface area contributed by atoms with Gasteiger partial charge in [-0.25, -0.2) is 12.8 Å². The minimum atomic E-state index is -3.85. The average Bonchev–Trinajstić information content (AvgIpc) is 2.85. The molecule has 34 heavy (non-hydrogen) atoms. The smallest absolute Gasteiger partial charge is 0.261 e. The summed E-state index contributed by atoms with van der Waals surface area (Å²) in [5, 5.41) is 3.03. The van der Waals surface area contributed by atoms with E-state index in [1.807, 2.05) is 48.5 Å². The number of nitrogens with one attached hydrogen (secondary N) is 2. The first-order chi connectivity index (χ1) is 16.4. The van der Waals surface area contributed by atoms with Gasteiger partial charge in [0.15, 0.2) is 0 Å². The first-order valence-electron chi connectivity index (χ1n) is 10.5. The van der Waals surface area contributed by atoms with Crippen LogP contribution in [0, 0.1) is 5.82 Å². The highest BCUT2D eigenvalue weighted by atomic mass is 32.2. The van der Waals surface area contributed by atoms with Crippen molar-refractivity contribution in [3.05, 3.63) is 126 Å². The number of benzene rings is 3. The van der Waals surface area contributed by atoms with Gasteiger partial charge in [0.1, 0.15) is 5.82 Å². The van der Waals surface area contributed by atoms with Crippen molar-refractivity contribution >= 4 is 21.6 Å². The Morgan fingerprint density at radius 3 is 2.18 bits per heavy atom. The van der Waals surface area contributed by atoms with Crippen molar-refractivity contribution in [1.82, 2.24) is 10.3 Å². The van der Waals surface area contributed by atoms with Crippen molar-refractivity contribution < 1.29 is 17.6 Å². The van der Waals surface area contributed by atoms with Crippen LogP contribution in [0.5, 0.6) is 0 Å². The summed E-state index contributed by atoms with van der Waals surface area (Å²) >= 11 is 0. The van der Waals surface area contributed by atoms with Crippen LogP contribution < -0.4 is 10.0 Å². The van der Waals surface area contributed by atoms with Crippen LogP contribution in [0.25, 0.3) is 0 Å². The van der Waals surface area contributed by atoms with Crippen LogP contribution in [0.2, 0.25) is 0 Å². The van der Waals surface area contributed by atoms with E-state index in [1.54, 1.807) is 30.5 Å². The molecule has 0 fully saturated rings. The van der Waals surface area contributed by atoms with Crippen molar-refractivity contribution in [2.24, 2.45) is 0 Å². The highest BCUT2D eigenvalue weighted by molar-refractivity contribution is 7.92. The van der Waals surface area contributed by atoms with Gasteiger partial charge in [-0.15, -0.1) is 0 Å². The SMILES string of the molecule is O=C(Cc1ccc(NS(=O)(=O)c2ccc(F)cc2)cc1)N[C@@H](c1ccccc1)c1ccccn1. The van der Waals surface area contributed by atoms with E-state index < -0.39 is 21.9 Å². The molecule has 1 atom stereocenters. The number of sulfonamides is 1. The van der Waals surface area contributed by atoms with Crippen molar-refractivity contribution in [3.63, 3.8) is 0 Å². The number of hydrogen-bond donors (Lipinski definition) is 2. The van der Waals surface area contributed by atoms with E-state index in [4.69, 9.17) is 0 Å². The molecule has 3 aromatic carbocycles. The fraction of sp³-hybridized carbons (Fsp3) is 0.0769. The van der Waals surface area contributed by atoms with Gasteiger partial charge in [0, 0.05) is 11.9 Å². The monoisotopic (exact) mass is 475 g/mol. The summed E-state index contributed by atoms with van der Waals surface area (Å²) in [4.78, 5) is 17.2. The third-order valence-corrected chi connectivity index (χ3v) is 6.51. The zero-order valence-corrected chi connectivity index (χ0v) is 18.9. The number of anilines is 1. The van der Waals surface area contributed by atoms with Gasteiger partial charge < -0.3 is 5.32 Å². The number of pyridine rings is 1. The second-order valence-corrected chi connectivity index (χ2v) is 9.28. The maximum atomic E-state index is 13.1. The number of carbonyl (C=O) groups excluding carboxylic acids is 1. The minimum Gasteiger partial charge on any atom is -0.343 e. The molecule has 2 N–H and O–H groups in total. The number of aromatic nitrogens is 1. The Labute approximate surface area is 197 Å². The Morgan fingerprint density at radius 1 is 0.853 bits per heavy atom. The molecule has 0 unspecified atom stereocenters. The van der Waals surface area contributed by atoms with Gasteiger partial charge in [-0.3, -0.25) is 14.5 Å². The van der Waals surface area contributed by atoms with Gasteiger partial charge in [0.05, 0.1) is 23.1 Å². The molecule has 1 amide bonds. The molecule has 0 saturated carbocycles. The van der Waals surface area contributed by atoms with Crippen molar-refractivity contribution in [2.45, 2.75) is 17.4 Å². The van der Waals surface area contributed by atoms with Gasteiger partial charge in [-0.05, 0) is 59.7 Å². The summed E-state index contributed by atoms with van der Waals surface area (Å²) in [6.45, 7) is 0. The number of amides is 1. The largest absolute Gasteiger partial charge is 0.343 e. The molecule has 0 aliphatic rings. The highest BCUT2D eigenvalue weighted by Crippen LogP contribution is 2.21. The summed E-state index contributed by atoms with van der Waals surface area (Å²) in [5.41, 5.74) is 2.70. The molecule has 0 aliphatic heterocycles. The van der Waals surface area contributed by atoms with Crippen LogP contribution in [0.1, 0.15) is 22.9 Å². The van der Waals surface area contributed by atoms with Crippen molar-refractivity contribution in [2.75, 3.05) is 4.72 Å². The van der Waals surface area contributed by atoms with E-state index in [0.717, 1.165) is 29.0 Å². The lowest BCUT2D eigenvalue weighted by Gasteiger charge is -2.19. The van der Waals surface area contributed by atoms with Crippen LogP contribution in [0.4, 0.5) is 10.1 Å². The Bertz CT molecular complexity index is 1310. The second kappa shape index (κ2) is 10.3. The average molecular weight is 476 g/mol. The van der Waals surface area contributed by atoms with Crippen LogP contribution in [0.15, 0.2) is 108 Å². The molecule has 0 aliphatic carbocycles. The Balaban J connectivity index is 1.43. The lowest BCUT2D eigenvalue weighted by molar-refractivity contribution is -0.121. The van der Waals surface area contributed by atoms with Crippen LogP contribution >= 0.6 is 0 Å². The third-order valence-electron chi connectivity index (χ3n) is 5.12. The number of rotatable bonds is 8. The Hall–Kier alpha value is -4.04. The molecule has 6 nitrogen and oxygen atoms in total. The van der Waals surface area contributed by atoms with Crippen molar-refractivity contribution in [1.29, 1.82) is 0 Å². The predicted molar refractivity (Wildman–Crippen MR) is 128 cm³/mol. The van der Waals surface area contributed by atoms with E-state index in [1.165, 1.54) is 12.1 Å².